The van der Waals surface area contributed by atoms with Gasteiger partial charge in [0.2, 0.25) is 0 Å². The van der Waals surface area contributed by atoms with Gasteiger partial charge in [0.1, 0.15) is 12.4 Å². The zero-order valence-corrected chi connectivity index (χ0v) is 13.8. The third-order valence-electron chi connectivity index (χ3n) is 4.82. The summed E-state index contributed by atoms with van der Waals surface area (Å²) in [6, 6.07) is 6.71. The molecule has 5 nitrogen and oxygen atoms in total. The Hall–Kier alpha value is -1.46. The van der Waals surface area contributed by atoms with Crippen molar-refractivity contribution in [1.29, 1.82) is 0 Å². The van der Waals surface area contributed by atoms with Crippen LogP contribution >= 0.6 is 0 Å². The molecule has 5 heteroatoms. The zero-order chi connectivity index (χ0) is 15.5. The summed E-state index contributed by atoms with van der Waals surface area (Å²) in [7, 11) is 4.37. The fourth-order valence-corrected chi connectivity index (χ4v) is 3.45. The van der Waals surface area contributed by atoms with Crippen molar-refractivity contribution in [3.63, 3.8) is 0 Å². The molecule has 0 amide bonds. The number of nitrogens with two attached hydrogens (primary N) is 1. The number of likely N-dealkylation sites (N-methyl/N-ethyl adjacent to an activating group) is 1. The van der Waals surface area contributed by atoms with Crippen molar-refractivity contribution in [1.82, 2.24) is 9.80 Å². The molecule has 0 aromatic heterocycles. The topological polar surface area (TPSA) is 45.0 Å². The first-order valence-corrected chi connectivity index (χ1v) is 8.29. The first kappa shape index (κ1) is 15.4. The molecule has 1 fully saturated rings. The highest BCUT2D eigenvalue weighted by Gasteiger charge is 2.24. The number of nitrogens with zero attached hydrogens (tertiary/aromatic N) is 3. The van der Waals surface area contributed by atoms with Crippen molar-refractivity contribution in [2.24, 2.45) is 0 Å². The summed E-state index contributed by atoms with van der Waals surface area (Å²) in [5, 5.41) is 0. The lowest BCUT2D eigenvalue weighted by atomic mass is 10.2. The van der Waals surface area contributed by atoms with Crippen LogP contribution in [0.3, 0.4) is 0 Å². The van der Waals surface area contributed by atoms with E-state index in [1.807, 2.05) is 12.1 Å². The molecule has 2 aliphatic heterocycles. The molecule has 1 aromatic carbocycles. The highest BCUT2D eigenvalue weighted by molar-refractivity contribution is 5.65. The Morgan fingerprint density at radius 1 is 1.27 bits per heavy atom. The third-order valence-corrected chi connectivity index (χ3v) is 4.82. The molecule has 2 aliphatic rings. The largest absolute Gasteiger partial charge is 0.489 e. The van der Waals surface area contributed by atoms with Crippen LogP contribution in [0.25, 0.3) is 0 Å². The molecule has 0 saturated carbocycles. The minimum absolute atomic E-state index is 0.729. The van der Waals surface area contributed by atoms with Gasteiger partial charge in [0.15, 0.2) is 0 Å². The van der Waals surface area contributed by atoms with Crippen molar-refractivity contribution in [2.75, 3.05) is 64.1 Å². The van der Waals surface area contributed by atoms with Crippen LogP contribution in [-0.4, -0.2) is 69.3 Å². The number of ether oxygens (including phenoxy) is 1. The number of nitrogen functional groups attached to an aromatic ring is 1. The number of likely N-dealkylation sites (tertiary alicyclic amines) is 1. The molecule has 0 bridgehead atoms. The number of anilines is 2. The van der Waals surface area contributed by atoms with Gasteiger partial charge in [-0.2, -0.15) is 0 Å². The van der Waals surface area contributed by atoms with Crippen molar-refractivity contribution in [2.45, 2.75) is 18.9 Å². The predicted molar refractivity (Wildman–Crippen MR) is 91.7 cm³/mol. The Labute approximate surface area is 133 Å². The first-order valence-electron chi connectivity index (χ1n) is 8.29. The lowest BCUT2D eigenvalue weighted by Gasteiger charge is -2.32. The van der Waals surface area contributed by atoms with Gasteiger partial charge in [-0.05, 0) is 52.2 Å². The van der Waals surface area contributed by atoms with E-state index in [0.29, 0.717) is 0 Å². The quantitative estimate of drug-likeness (QED) is 0.835. The second-order valence-corrected chi connectivity index (χ2v) is 6.62. The molecular weight excluding hydrogens is 276 g/mol. The van der Waals surface area contributed by atoms with Gasteiger partial charge in [-0.3, -0.25) is 0 Å². The van der Waals surface area contributed by atoms with Crippen LogP contribution in [0.2, 0.25) is 0 Å². The lowest BCUT2D eigenvalue weighted by molar-refractivity contribution is 0.265. The molecule has 1 saturated heterocycles. The van der Waals surface area contributed by atoms with Crippen LogP contribution in [0.1, 0.15) is 12.8 Å². The van der Waals surface area contributed by atoms with Crippen molar-refractivity contribution < 1.29 is 4.74 Å². The summed E-state index contributed by atoms with van der Waals surface area (Å²) in [5.41, 5.74) is 7.80. The molecular formula is C17H28N4O. The van der Waals surface area contributed by atoms with Gasteiger partial charge in [-0.1, -0.05) is 0 Å². The van der Waals surface area contributed by atoms with E-state index in [0.717, 1.165) is 37.2 Å². The minimum Gasteiger partial charge on any atom is -0.489 e. The number of hydrogen-bond donors (Lipinski definition) is 1. The molecule has 2 N–H and O–H groups in total. The Balaban J connectivity index is 1.49. The van der Waals surface area contributed by atoms with Gasteiger partial charge in [-0.15, -0.1) is 0 Å². The first-order chi connectivity index (χ1) is 10.6. The molecule has 3 rings (SSSR count). The van der Waals surface area contributed by atoms with Crippen molar-refractivity contribution in [3.8, 4) is 5.75 Å². The lowest BCUT2D eigenvalue weighted by Crippen LogP contribution is -2.36. The summed E-state index contributed by atoms with van der Waals surface area (Å²) in [4.78, 5) is 7.37. The Morgan fingerprint density at radius 3 is 2.91 bits per heavy atom. The van der Waals surface area contributed by atoms with Gasteiger partial charge in [0, 0.05) is 30.9 Å². The monoisotopic (exact) mass is 304 g/mol. The molecule has 1 aromatic rings. The normalized spacial score (nSPS) is 22.0. The highest BCUT2D eigenvalue weighted by Crippen LogP contribution is 2.33. The van der Waals surface area contributed by atoms with E-state index in [1.54, 1.807) is 0 Å². The van der Waals surface area contributed by atoms with Gasteiger partial charge < -0.3 is 25.2 Å². The minimum atomic E-state index is 0.729. The van der Waals surface area contributed by atoms with E-state index in [9.17, 15) is 0 Å². The van der Waals surface area contributed by atoms with E-state index < -0.39 is 0 Å². The molecule has 0 aliphatic carbocycles. The van der Waals surface area contributed by atoms with Gasteiger partial charge in [0.05, 0.1) is 12.2 Å². The van der Waals surface area contributed by atoms with Crippen LogP contribution in [0.5, 0.6) is 5.75 Å². The maximum Gasteiger partial charge on any atom is 0.144 e. The van der Waals surface area contributed by atoms with E-state index in [1.165, 1.54) is 38.2 Å². The maximum absolute atomic E-state index is 5.84. The highest BCUT2D eigenvalue weighted by atomic mass is 16.5. The second kappa shape index (κ2) is 6.75. The van der Waals surface area contributed by atoms with E-state index >= 15 is 0 Å². The molecule has 122 valence electrons. The van der Waals surface area contributed by atoms with Crippen LogP contribution < -0.4 is 15.4 Å². The van der Waals surface area contributed by atoms with Crippen LogP contribution in [-0.2, 0) is 0 Å². The zero-order valence-electron chi connectivity index (χ0n) is 13.8. The van der Waals surface area contributed by atoms with Gasteiger partial charge in [-0.25, -0.2) is 0 Å². The molecule has 1 atom stereocenters. The number of hydrogen-bond acceptors (Lipinski definition) is 5. The number of rotatable bonds is 5. The summed E-state index contributed by atoms with van der Waals surface area (Å²) >= 11 is 0. The number of benzene rings is 1. The fraction of sp³-hybridized carbons (Fsp3) is 0.647. The molecule has 0 spiro atoms. The molecule has 0 radical (unpaired) electrons. The standard InChI is InChI=1S/C17H28N4O/c1-19(2)15-6-9-20(13-15)7-3-8-21-10-11-22-17-12-14(18)4-5-16(17)21/h4-5,12,15H,3,6-11,13,18H2,1-2H3. The van der Waals surface area contributed by atoms with Crippen molar-refractivity contribution >= 4 is 11.4 Å². The smallest absolute Gasteiger partial charge is 0.144 e. The average molecular weight is 304 g/mol. The second-order valence-electron chi connectivity index (χ2n) is 6.62. The summed E-state index contributed by atoms with van der Waals surface area (Å²) in [5.74, 6) is 0.931. The number of fused-ring (bicyclic) bond motifs is 1. The van der Waals surface area contributed by atoms with Crippen LogP contribution in [0.15, 0.2) is 18.2 Å². The Kier molecular flexibility index (Phi) is 4.74. The molecule has 2 heterocycles. The average Bonchev–Trinajstić information content (AvgIpc) is 2.96. The molecule has 1 unspecified atom stereocenters. The Bertz CT molecular complexity index is 505. The van der Waals surface area contributed by atoms with E-state index in [4.69, 9.17) is 10.5 Å². The SMILES string of the molecule is CN(C)C1CCN(CCCN2CCOc3cc(N)ccc32)C1. The van der Waals surface area contributed by atoms with E-state index in [2.05, 4.69) is 34.9 Å². The third kappa shape index (κ3) is 3.47. The van der Waals surface area contributed by atoms with Crippen LogP contribution in [0.4, 0.5) is 11.4 Å². The predicted octanol–water partition coefficient (Wildman–Crippen LogP) is 1.49. The summed E-state index contributed by atoms with van der Waals surface area (Å²) in [6.45, 7) is 6.44. The summed E-state index contributed by atoms with van der Waals surface area (Å²) in [6.07, 6.45) is 2.50. The van der Waals surface area contributed by atoms with Gasteiger partial charge in [0.25, 0.3) is 0 Å². The van der Waals surface area contributed by atoms with E-state index in [-0.39, 0.29) is 0 Å². The van der Waals surface area contributed by atoms with Crippen molar-refractivity contribution in [3.05, 3.63) is 18.2 Å². The van der Waals surface area contributed by atoms with Crippen LogP contribution in [0, 0.1) is 0 Å². The maximum atomic E-state index is 5.84. The summed E-state index contributed by atoms with van der Waals surface area (Å²) < 4.78 is 5.72. The molecule has 22 heavy (non-hydrogen) atoms. The Morgan fingerprint density at radius 2 is 2.14 bits per heavy atom. The fourth-order valence-electron chi connectivity index (χ4n) is 3.45. The van der Waals surface area contributed by atoms with Gasteiger partial charge >= 0.3 is 0 Å².